The van der Waals surface area contributed by atoms with E-state index in [1.54, 1.807) is 6.07 Å². The second-order valence-electron chi connectivity index (χ2n) is 2.85. The summed E-state index contributed by atoms with van der Waals surface area (Å²) in [7, 11) is 0. The third kappa shape index (κ3) is 1.05. The number of nitrogens with zero attached hydrogens (tertiary/aromatic N) is 2. The van der Waals surface area contributed by atoms with Gasteiger partial charge in [-0.2, -0.15) is 0 Å². The minimum atomic E-state index is -1.00. The number of fused-ring (bicyclic) bond motifs is 1. The van der Waals surface area contributed by atoms with Crippen molar-refractivity contribution < 1.29 is 9.90 Å². The minimum absolute atomic E-state index is 0.155. The van der Waals surface area contributed by atoms with E-state index in [-0.39, 0.29) is 11.5 Å². The monoisotopic (exact) mass is 192 g/mol. The summed E-state index contributed by atoms with van der Waals surface area (Å²) in [5, 5.41) is 8.72. The lowest BCUT2D eigenvalue weighted by molar-refractivity contribution is 0.0697. The largest absolute Gasteiger partial charge is 0.478 e. The van der Waals surface area contributed by atoms with Gasteiger partial charge in [-0.1, -0.05) is 0 Å². The third-order valence-corrected chi connectivity index (χ3v) is 1.96. The molecular weight excluding hydrogens is 184 g/mol. The van der Waals surface area contributed by atoms with Crippen LogP contribution in [0.15, 0.2) is 18.2 Å². The van der Waals surface area contributed by atoms with Crippen LogP contribution in [0.1, 0.15) is 10.4 Å². The lowest BCUT2D eigenvalue weighted by atomic mass is 10.2. The van der Waals surface area contributed by atoms with E-state index in [0.29, 0.717) is 11.0 Å². The van der Waals surface area contributed by atoms with Crippen molar-refractivity contribution in [3.8, 4) is 0 Å². The number of anilines is 1. The number of rotatable bonds is 1. The van der Waals surface area contributed by atoms with Gasteiger partial charge in [0, 0.05) is 0 Å². The molecule has 0 aliphatic carbocycles. The summed E-state index contributed by atoms with van der Waals surface area (Å²) in [4.78, 5) is 14.5. The zero-order valence-electron chi connectivity index (χ0n) is 7.14. The lowest BCUT2D eigenvalue weighted by Crippen LogP contribution is -2.11. The Hall–Kier alpha value is -2.24. The molecule has 0 radical (unpaired) electrons. The molecule has 0 aliphatic rings. The van der Waals surface area contributed by atoms with Crippen molar-refractivity contribution in [2.75, 3.05) is 11.6 Å². The number of aromatic nitrogens is 2. The number of carbonyl (C=O) groups is 1. The maximum absolute atomic E-state index is 10.6. The fraction of sp³-hybridized carbons (Fsp3) is 0. The number of benzene rings is 1. The standard InChI is InChI=1S/C8H8N4O2/c9-8-11-5-3-4(7(13)14)1-2-6(5)12(8)10/h1-3H,10H2,(H2,9,11)(H,13,14). The average molecular weight is 192 g/mol. The van der Waals surface area contributed by atoms with Gasteiger partial charge in [-0.25, -0.2) is 14.5 Å². The molecule has 6 heteroatoms. The van der Waals surface area contributed by atoms with Crippen LogP contribution in [0.4, 0.5) is 5.95 Å². The highest BCUT2D eigenvalue weighted by Gasteiger charge is 2.08. The number of imidazole rings is 1. The normalized spacial score (nSPS) is 10.6. The second kappa shape index (κ2) is 2.63. The maximum Gasteiger partial charge on any atom is 0.335 e. The van der Waals surface area contributed by atoms with Crippen molar-refractivity contribution in [1.82, 2.24) is 9.66 Å². The smallest absolute Gasteiger partial charge is 0.335 e. The zero-order valence-corrected chi connectivity index (χ0v) is 7.14. The topological polar surface area (TPSA) is 107 Å². The van der Waals surface area contributed by atoms with Crippen molar-refractivity contribution in [3.63, 3.8) is 0 Å². The fourth-order valence-electron chi connectivity index (χ4n) is 1.25. The molecule has 0 fully saturated rings. The van der Waals surface area contributed by atoms with E-state index < -0.39 is 5.97 Å². The summed E-state index contributed by atoms with van der Waals surface area (Å²) >= 11 is 0. The van der Waals surface area contributed by atoms with Crippen LogP contribution in [-0.4, -0.2) is 20.7 Å². The van der Waals surface area contributed by atoms with Crippen LogP contribution in [-0.2, 0) is 0 Å². The fourth-order valence-corrected chi connectivity index (χ4v) is 1.25. The molecule has 0 aliphatic heterocycles. The molecule has 2 rings (SSSR count). The van der Waals surface area contributed by atoms with Crippen LogP contribution in [0.2, 0.25) is 0 Å². The van der Waals surface area contributed by atoms with Gasteiger partial charge >= 0.3 is 5.97 Å². The molecule has 1 aromatic heterocycles. The summed E-state index contributed by atoms with van der Waals surface area (Å²) in [6.45, 7) is 0. The van der Waals surface area contributed by atoms with E-state index >= 15 is 0 Å². The van der Waals surface area contributed by atoms with E-state index in [1.165, 1.54) is 16.8 Å². The number of nitrogen functional groups attached to an aromatic ring is 2. The van der Waals surface area contributed by atoms with Crippen LogP contribution >= 0.6 is 0 Å². The Morgan fingerprint density at radius 1 is 1.50 bits per heavy atom. The first-order valence-corrected chi connectivity index (χ1v) is 3.86. The summed E-state index contributed by atoms with van der Waals surface area (Å²) in [5.74, 6) is 4.70. The molecule has 1 heterocycles. The van der Waals surface area contributed by atoms with Crippen molar-refractivity contribution in [3.05, 3.63) is 23.8 Å². The number of nitrogens with two attached hydrogens (primary N) is 2. The number of aromatic carboxylic acids is 1. The molecule has 0 amide bonds. The molecule has 0 atom stereocenters. The Bertz CT molecular complexity index is 517. The summed E-state index contributed by atoms with van der Waals surface area (Å²) in [6, 6.07) is 4.45. The summed E-state index contributed by atoms with van der Waals surface area (Å²) in [5.41, 5.74) is 6.70. The molecule has 0 unspecified atom stereocenters. The number of carboxylic acids is 1. The van der Waals surface area contributed by atoms with Gasteiger partial charge in [-0.05, 0) is 18.2 Å². The molecule has 0 saturated carbocycles. The van der Waals surface area contributed by atoms with E-state index in [2.05, 4.69) is 4.98 Å². The molecule has 0 spiro atoms. The lowest BCUT2D eigenvalue weighted by Gasteiger charge is -1.96. The van der Waals surface area contributed by atoms with E-state index in [9.17, 15) is 4.79 Å². The van der Waals surface area contributed by atoms with Crippen LogP contribution < -0.4 is 11.6 Å². The molecule has 72 valence electrons. The van der Waals surface area contributed by atoms with Gasteiger partial charge in [0.1, 0.15) is 0 Å². The van der Waals surface area contributed by atoms with Gasteiger partial charge in [-0.3, -0.25) is 0 Å². The molecule has 0 saturated heterocycles. The number of hydrogen-bond donors (Lipinski definition) is 3. The van der Waals surface area contributed by atoms with Crippen molar-refractivity contribution in [2.45, 2.75) is 0 Å². The molecule has 5 N–H and O–H groups in total. The Morgan fingerprint density at radius 3 is 2.86 bits per heavy atom. The first kappa shape index (κ1) is 8.36. The van der Waals surface area contributed by atoms with Gasteiger partial charge in [0.2, 0.25) is 5.95 Å². The van der Waals surface area contributed by atoms with Crippen molar-refractivity contribution >= 4 is 23.0 Å². The average Bonchev–Trinajstić information content (AvgIpc) is 2.42. The molecule has 1 aromatic carbocycles. The predicted octanol–water partition coefficient (Wildman–Crippen LogP) is 0.0305. The molecule has 2 aromatic rings. The van der Waals surface area contributed by atoms with Crippen LogP contribution in [0, 0.1) is 0 Å². The van der Waals surface area contributed by atoms with Crippen molar-refractivity contribution in [2.24, 2.45) is 0 Å². The summed E-state index contributed by atoms with van der Waals surface area (Å²) in [6.07, 6.45) is 0. The van der Waals surface area contributed by atoms with Crippen molar-refractivity contribution in [1.29, 1.82) is 0 Å². The third-order valence-electron chi connectivity index (χ3n) is 1.96. The highest BCUT2D eigenvalue weighted by molar-refractivity contribution is 5.92. The van der Waals surface area contributed by atoms with Gasteiger partial charge in [0.25, 0.3) is 0 Å². The number of hydrogen-bond acceptors (Lipinski definition) is 4. The van der Waals surface area contributed by atoms with E-state index in [1.807, 2.05) is 0 Å². The maximum atomic E-state index is 10.6. The Labute approximate surface area is 78.7 Å². The first-order valence-electron chi connectivity index (χ1n) is 3.86. The van der Waals surface area contributed by atoms with Gasteiger partial charge in [-0.15, -0.1) is 0 Å². The first-order chi connectivity index (χ1) is 6.59. The minimum Gasteiger partial charge on any atom is -0.478 e. The number of carboxylic acid groups (broad SMARTS) is 1. The molecular formula is C8H8N4O2. The van der Waals surface area contributed by atoms with Gasteiger partial charge in [0.05, 0.1) is 16.6 Å². The summed E-state index contributed by atoms with van der Waals surface area (Å²) < 4.78 is 1.21. The SMILES string of the molecule is Nc1nc2cc(C(=O)O)ccc2n1N. The highest BCUT2D eigenvalue weighted by atomic mass is 16.4. The Morgan fingerprint density at radius 2 is 2.21 bits per heavy atom. The van der Waals surface area contributed by atoms with Crippen LogP contribution in [0.25, 0.3) is 11.0 Å². The second-order valence-corrected chi connectivity index (χ2v) is 2.85. The van der Waals surface area contributed by atoms with E-state index in [4.69, 9.17) is 16.7 Å². The Kier molecular flexibility index (Phi) is 1.57. The highest BCUT2D eigenvalue weighted by Crippen LogP contribution is 2.16. The quantitative estimate of drug-likeness (QED) is 0.552. The van der Waals surface area contributed by atoms with E-state index in [0.717, 1.165) is 0 Å². The van der Waals surface area contributed by atoms with Crippen LogP contribution in [0.5, 0.6) is 0 Å². The van der Waals surface area contributed by atoms with Gasteiger partial charge in [0.15, 0.2) is 0 Å². The predicted molar refractivity (Wildman–Crippen MR) is 51.3 cm³/mol. The molecule has 6 nitrogen and oxygen atoms in total. The zero-order chi connectivity index (χ0) is 10.3. The molecule has 14 heavy (non-hydrogen) atoms. The van der Waals surface area contributed by atoms with Gasteiger partial charge < -0.3 is 16.7 Å². The molecule has 0 bridgehead atoms. The van der Waals surface area contributed by atoms with Crippen LogP contribution in [0.3, 0.4) is 0 Å². The Balaban J connectivity index is 2.73.